The van der Waals surface area contributed by atoms with Gasteiger partial charge in [-0.2, -0.15) is 13.2 Å². The van der Waals surface area contributed by atoms with Crippen LogP contribution in [-0.4, -0.2) is 25.3 Å². The number of ether oxygens (including phenoxy) is 2. The molecule has 0 aliphatic rings. The Labute approximate surface area is 107 Å². The quantitative estimate of drug-likeness (QED) is 0.864. The first-order chi connectivity index (χ1) is 8.77. The molecule has 0 aliphatic carbocycles. The standard InChI is InChI=1S/C12H13F3O4/c1-4-6-8(18-2)5-7(12(13,14)15)9(10(6)16)11(17)19-3/h5,16H,4H2,1-3H3. The highest BCUT2D eigenvalue weighted by atomic mass is 19.4. The predicted molar refractivity (Wildman–Crippen MR) is 60.4 cm³/mol. The summed E-state index contributed by atoms with van der Waals surface area (Å²) in [6.07, 6.45) is -4.60. The van der Waals surface area contributed by atoms with Crippen LogP contribution in [-0.2, 0) is 17.3 Å². The van der Waals surface area contributed by atoms with E-state index >= 15 is 0 Å². The molecule has 19 heavy (non-hydrogen) atoms. The Hall–Kier alpha value is -1.92. The first-order valence-electron chi connectivity index (χ1n) is 5.36. The SMILES string of the molecule is CCc1c(OC)cc(C(F)(F)F)c(C(=O)OC)c1O. The molecule has 0 atom stereocenters. The molecule has 0 aliphatic heterocycles. The second kappa shape index (κ2) is 5.38. The zero-order chi connectivity index (χ0) is 14.8. The van der Waals surface area contributed by atoms with Gasteiger partial charge >= 0.3 is 12.1 Å². The van der Waals surface area contributed by atoms with Crippen LogP contribution in [0.3, 0.4) is 0 Å². The summed E-state index contributed by atoms with van der Waals surface area (Å²) in [6, 6.07) is 0.685. The van der Waals surface area contributed by atoms with Gasteiger partial charge in [-0.3, -0.25) is 0 Å². The molecule has 0 radical (unpaired) electrons. The minimum absolute atomic E-state index is 0.121. The molecule has 0 unspecified atom stereocenters. The van der Waals surface area contributed by atoms with E-state index in [0.29, 0.717) is 6.07 Å². The lowest BCUT2D eigenvalue weighted by Gasteiger charge is -2.17. The van der Waals surface area contributed by atoms with E-state index in [-0.39, 0.29) is 17.7 Å². The lowest BCUT2D eigenvalue weighted by molar-refractivity contribution is -0.138. The van der Waals surface area contributed by atoms with Crippen LogP contribution in [0.5, 0.6) is 11.5 Å². The molecule has 7 heteroatoms. The maximum Gasteiger partial charge on any atom is 0.417 e. The van der Waals surface area contributed by atoms with Gasteiger partial charge in [-0.25, -0.2) is 4.79 Å². The number of carbonyl (C=O) groups is 1. The van der Waals surface area contributed by atoms with Gasteiger partial charge in [0.25, 0.3) is 0 Å². The third kappa shape index (κ3) is 2.74. The highest BCUT2D eigenvalue weighted by Gasteiger charge is 2.39. The van der Waals surface area contributed by atoms with E-state index in [1.165, 1.54) is 7.11 Å². The van der Waals surface area contributed by atoms with Crippen molar-refractivity contribution < 1.29 is 32.5 Å². The number of hydrogen-bond acceptors (Lipinski definition) is 4. The molecule has 0 amide bonds. The van der Waals surface area contributed by atoms with Crippen molar-refractivity contribution >= 4 is 5.97 Å². The monoisotopic (exact) mass is 278 g/mol. The molecule has 0 heterocycles. The highest BCUT2D eigenvalue weighted by Crippen LogP contribution is 2.42. The molecule has 1 aromatic rings. The maximum atomic E-state index is 12.9. The van der Waals surface area contributed by atoms with E-state index in [1.807, 2.05) is 0 Å². The molecular weight excluding hydrogens is 265 g/mol. The number of hydrogen-bond donors (Lipinski definition) is 1. The Morgan fingerprint density at radius 2 is 1.95 bits per heavy atom. The van der Waals surface area contributed by atoms with Crippen LogP contribution in [0, 0.1) is 0 Å². The van der Waals surface area contributed by atoms with E-state index < -0.39 is 29.0 Å². The fourth-order valence-electron chi connectivity index (χ4n) is 1.74. The third-order valence-electron chi connectivity index (χ3n) is 2.63. The van der Waals surface area contributed by atoms with Crippen molar-refractivity contribution in [3.63, 3.8) is 0 Å². The Morgan fingerprint density at radius 3 is 2.32 bits per heavy atom. The second-order valence-corrected chi connectivity index (χ2v) is 3.67. The van der Waals surface area contributed by atoms with E-state index in [0.717, 1.165) is 7.11 Å². The van der Waals surface area contributed by atoms with Crippen molar-refractivity contribution in [1.29, 1.82) is 0 Å². The second-order valence-electron chi connectivity index (χ2n) is 3.67. The van der Waals surface area contributed by atoms with Crippen molar-refractivity contribution in [1.82, 2.24) is 0 Å². The summed E-state index contributed by atoms with van der Waals surface area (Å²) in [5.41, 5.74) is -2.06. The lowest BCUT2D eigenvalue weighted by atomic mass is 9.99. The van der Waals surface area contributed by atoms with Crippen molar-refractivity contribution in [2.24, 2.45) is 0 Å². The summed E-state index contributed by atoms with van der Waals surface area (Å²) < 4.78 is 47.8. The molecule has 1 N–H and O–H groups in total. The van der Waals surface area contributed by atoms with E-state index in [1.54, 1.807) is 6.92 Å². The van der Waals surface area contributed by atoms with Gasteiger partial charge in [0.2, 0.25) is 0 Å². The average Bonchev–Trinajstić information content (AvgIpc) is 2.35. The number of esters is 1. The highest BCUT2D eigenvalue weighted by molar-refractivity contribution is 5.95. The Kier molecular flexibility index (Phi) is 4.28. The zero-order valence-corrected chi connectivity index (χ0v) is 10.6. The van der Waals surface area contributed by atoms with Crippen molar-refractivity contribution in [3.8, 4) is 11.5 Å². The maximum absolute atomic E-state index is 12.9. The van der Waals surface area contributed by atoms with Crippen molar-refractivity contribution in [2.45, 2.75) is 19.5 Å². The Bertz CT molecular complexity index is 495. The van der Waals surface area contributed by atoms with Crippen molar-refractivity contribution in [2.75, 3.05) is 14.2 Å². The lowest BCUT2D eigenvalue weighted by Crippen LogP contribution is -2.16. The smallest absolute Gasteiger partial charge is 0.417 e. The van der Waals surface area contributed by atoms with Crippen LogP contribution < -0.4 is 4.74 Å². The number of alkyl halides is 3. The summed E-state index contributed by atoms with van der Waals surface area (Å²) in [6.45, 7) is 1.62. The van der Waals surface area contributed by atoms with Gasteiger partial charge in [0.05, 0.1) is 19.8 Å². The summed E-state index contributed by atoms with van der Waals surface area (Å²) in [5, 5.41) is 9.87. The number of aromatic hydroxyl groups is 1. The van der Waals surface area contributed by atoms with Gasteiger partial charge in [0.1, 0.15) is 17.1 Å². The third-order valence-corrected chi connectivity index (χ3v) is 2.63. The van der Waals surface area contributed by atoms with Gasteiger partial charge < -0.3 is 14.6 Å². The number of halogens is 3. The number of phenols is 1. The van der Waals surface area contributed by atoms with Crippen LogP contribution in [0.25, 0.3) is 0 Å². The fourth-order valence-corrected chi connectivity index (χ4v) is 1.74. The summed E-state index contributed by atoms with van der Waals surface area (Å²) in [5.74, 6) is -2.14. The molecule has 0 aromatic heterocycles. The van der Waals surface area contributed by atoms with Gasteiger partial charge in [-0.1, -0.05) is 6.92 Å². The summed E-state index contributed by atoms with van der Waals surface area (Å²) in [7, 11) is 2.13. The number of rotatable bonds is 3. The molecule has 1 aromatic carbocycles. The topological polar surface area (TPSA) is 55.8 Å². The minimum Gasteiger partial charge on any atom is -0.507 e. The normalized spacial score (nSPS) is 11.3. The van der Waals surface area contributed by atoms with Crippen LogP contribution in [0.1, 0.15) is 28.4 Å². The van der Waals surface area contributed by atoms with Gasteiger partial charge in [-0.15, -0.1) is 0 Å². The number of phenolic OH excluding ortho intramolecular Hbond substituents is 1. The number of carbonyl (C=O) groups excluding carboxylic acids is 1. The average molecular weight is 278 g/mol. The molecule has 0 saturated carbocycles. The van der Waals surface area contributed by atoms with Crippen LogP contribution in [0.2, 0.25) is 0 Å². The van der Waals surface area contributed by atoms with Gasteiger partial charge in [0.15, 0.2) is 0 Å². The summed E-state index contributed by atoms with van der Waals surface area (Å²) >= 11 is 0. The van der Waals surface area contributed by atoms with Crippen molar-refractivity contribution in [3.05, 3.63) is 22.8 Å². The van der Waals surface area contributed by atoms with Gasteiger partial charge in [-0.05, 0) is 12.5 Å². The zero-order valence-electron chi connectivity index (χ0n) is 10.6. The molecule has 0 fully saturated rings. The molecule has 0 spiro atoms. The van der Waals surface area contributed by atoms with Crippen LogP contribution >= 0.6 is 0 Å². The molecule has 0 saturated heterocycles. The molecular formula is C12H13F3O4. The molecule has 1 rings (SSSR count). The predicted octanol–water partition coefficient (Wildman–Crippen LogP) is 2.77. The first kappa shape index (κ1) is 15.1. The van der Waals surface area contributed by atoms with Crippen LogP contribution in [0.15, 0.2) is 6.07 Å². The van der Waals surface area contributed by atoms with E-state index in [2.05, 4.69) is 4.74 Å². The Morgan fingerprint density at radius 1 is 1.37 bits per heavy atom. The molecule has 106 valence electrons. The minimum atomic E-state index is -4.81. The number of benzene rings is 1. The van der Waals surface area contributed by atoms with E-state index in [4.69, 9.17) is 4.74 Å². The molecule has 0 bridgehead atoms. The van der Waals surface area contributed by atoms with Gasteiger partial charge in [0, 0.05) is 5.56 Å². The number of methoxy groups -OCH3 is 2. The molecule has 4 nitrogen and oxygen atoms in total. The Balaban J connectivity index is 3.71. The van der Waals surface area contributed by atoms with E-state index in [9.17, 15) is 23.1 Å². The van der Waals surface area contributed by atoms with Crippen LogP contribution in [0.4, 0.5) is 13.2 Å². The fraction of sp³-hybridized carbons (Fsp3) is 0.417. The first-order valence-corrected chi connectivity index (χ1v) is 5.36. The largest absolute Gasteiger partial charge is 0.507 e. The summed E-state index contributed by atoms with van der Waals surface area (Å²) in [4.78, 5) is 11.4.